The molecule has 2 heterocycles. The van der Waals surface area contributed by atoms with E-state index in [4.69, 9.17) is 5.73 Å². The fraction of sp³-hybridized carbons (Fsp3) is 0.524. The average Bonchev–Trinajstić information content (AvgIpc) is 2.95. The van der Waals surface area contributed by atoms with E-state index >= 15 is 0 Å². The van der Waals surface area contributed by atoms with Gasteiger partial charge in [-0.25, -0.2) is 0 Å². The first-order valence-corrected chi connectivity index (χ1v) is 10.3. The zero-order valence-electron chi connectivity index (χ0n) is 16.5. The molecule has 4 amide bonds. The van der Waals surface area contributed by atoms with Crippen molar-refractivity contribution in [3.8, 4) is 0 Å². The quantitative estimate of drug-likeness (QED) is 0.393. The monoisotopic (exact) mass is 400 g/mol. The Balaban J connectivity index is 1.61. The molecule has 1 unspecified atom stereocenters. The van der Waals surface area contributed by atoms with E-state index in [9.17, 15) is 19.2 Å². The van der Waals surface area contributed by atoms with Crippen LogP contribution in [0.4, 0.5) is 0 Å². The van der Waals surface area contributed by atoms with Crippen molar-refractivity contribution in [2.75, 3.05) is 19.6 Å². The van der Waals surface area contributed by atoms with Crippen molar-refractivity contribution in [1.29, 1.82) is 0 Å². The van der Waals surface area contributed by atoms with Gasteiger partial charge in [-0.1, -0.05) is 18.6 Å². The number of rotatable bonds is 10. The molecule has 1 aromatic carbocycles. The lowest BCUT2D eigenvalue weighted by Gasteiger charge is -2.27. The second kappa shape index (κ2) is 9.76. The summed E-state index contributed by atoms with van der Waals surface area (Å²) in [6.45, 7) is 2.49. The Bertz CT molecular complexity index is 808. The van der Waals surface area contributed by atoms with Crippen LogP contribution < -0.4 is 16.4 Å². The van der Waals surface area contributed by atoms with Gasteiger partial charge in [0.1, 0.15) is 6.04 Å². The topological polar surface area (TPSA) is 122 Å². The summed E-state index contributed by atoms with van der Waals surface area (Å²) in [6.07, 6.45) is 5.04. The molecule has 4 N–H and O–H groups in total. The smallest absolute Gasteiger partial charge is 0.262 e. The Morgan fingerprint density at radius 3 is 2.59 bits per heavy atom. The normalized spacial score (nSPS) is 18.9. The number of aryl methyl sites for hydroxylation is 1. The average molecular weight is 400 g/mol. The summed E-state index contributed by atoms with van der Waals surface area (Å²) in [5.74, 6) is -1.86. The standard InChI is InChI=1S/C21H28N4O4/c22-11-2-1-3-12-23-13-5-7-14-6-4-8-15-18(14)21(29)25(20(15)28)16-9-10-17(26)24-19(16)27/h4,6,8,16,23H,1-3,5,7,9-13,22H2,(H,24,26,27). The molecule has 29 heavy (non-hydrogen) atoms. The molecule has 1 aromatic rings. The van der Waals surface area contributed by atoms with E-state index < -0.39 is 23.8 Å². The van der Waals surface area contributed by atoms with Crippen molar-refractivity contribution in [3.63, 3.8) is 0 Å². The number of carbonyl (C=O) groups excluding carboxylic acids is 4. The third-order valence-electron chi connectivity index (χ3n) is 5.41. The number of piperidine rings is 1. The fourth-order valence-corrected chi connectivity index (χ4v) is 3.89. The molecule has 0 saturated carbocycles. The summed E-state index contributed by atoms with van der Waals surface area (Å²) in [4.78, 5) is 50.4. The second-order valence-electron chi connectivity index (χ2n) is 7.49. The number of carbonyl (C=O) groups is 4. The van der Waals surface area contributed by atoms with Gasteiger partial charge in [-0.2, -0.15) is 0 Å². The van der Waals surface area contributed by atoms with E-state index in [0.29, 0.717) is 17.5 Å². The van der Waals surface area contributed by atoms with Crippen LogP contribution in [-0.4, -0.2) is 54.2 Å². The molecule has 156 valence electrons. The van der Waals surface area contributed by atoms with E-state index in [1.54, 1.807) is 12.1 Å². The predicted octanol–water partition coefficient (Wildman–Crippen LogP) is 0.739. The Labute approximate surface area is 170 Å². The van der Waals surface area contributed by atoms with Crippen LogP contribution in [-0.2, 0) is 16.0 Å². The molecule has 8 nitrogen and oxygen atoms in total. The predicted molar refractivity (Wildman–Crippen MR) is 107 cm³/mol. The number of unbranched alkanes of at least 4 members (excludes halogenated alkanes) is 2. The van der Waals surface area contributed by atoms with Gasteiger partial charge >= 0.3 is 0 Å². The van der Waals surface area contributed by atoms with E-state index in [1.807, 2.05) is 6.07 Å². The van der Waals surface area contributed by atoms with Crippen molar-refractivity contribution in [2.24, 2.45) is 5.73 Å². The molecule has 0 aromatic heterocycles. The maximum atomic E-state index is 13.0. The zero-order valence-corrected chi connectivity index (χ0v) is 16.5. The minimum atomic E-state index is -0.928. The van der Waals surface area contributed by atoms with Crippen LogP contribution in [0.2, 0.25) is 0 Å². The van der Waals surface area contributed by atoms with E-state index in [-0.39, 0.29) is 18.7 Å². The number of fused-ring (bicyclic) bond motifs is 1. The largest absolute Gasteiger partial charge is 0.330 e. The van der Waals surface area contributed by atoms with Crippen LogP contribution in [0.1, 0.15) is 64.8 Å². The van der Waals surface area contributed by atoms with Crippen molar-refractivity contribution in [1.82, 2.24) is 15.5 Å². The lowest BCUT2D eigenvalue weighted by Crippen LogP contribution is -2.54. The molecule has 3 rings (SSSR count). The number of nitrogens with two attached hydrogens (primary N) is 1. The first-order valence-electron chi connectivity index (χ1n) is 10.3. The molecule has 2 aliphatic heterocycles. The van der Waals surface area contributed by atoms with Crippen LogP contribution in [0.15, 0.2) is 18.2 Å². The number of hydrogen-bond donors (Lipinski definition) is 3. The van der Waals surface area contributed by atoms with Crippen LogP contribution >= 0.6 is 0 Å². The number of imide groups is 2. The zero-order chi connectivity index (χ0) is 20.8. The third kappa shape index (κ3) is 4.71. The lowest BCUT2D eigenvalue weighted by molar-refractivity contribution is -0.136. The van der Waals surface area contributed by atoms with Gasteiger partial charge in [-0.05, 0) is 63.4 Å². The number of amides is 4. The number of nitrogens with zero attached hydrogens (tertiary/aromatic N) is 1. The lowest BCUT2D eigenvalue weighted by atomic mass is 9.99. The van der Waals surface area contributed by atoms with Crippen LogP contribution in [0.25, 0.3) is 0 Å². The summed E-state index contributed by atoms with van der Waals surface area (Å²) < 4.78 is 0. The third-order valence-corrected chi connectivity index (χ3v) is 5.41. The van der Waals surface area contributed by atoms with Gasteiger partial charge in [-0.3, -0.25) is 29.4 Å². The minimum absolute atomic E-state index is 0.119. The highest BCUT2D eigenvalue weighted by molar-refractivity contribution is 6.24. The SMILES string of the molecule is NCCCCCNCCCc1cccc2c1C(=O)N(C1CCC(=O)NC1=O)C2=O. The molecule has 1 fully saturated rings. The highest BCUT2D eigenvalue weighted by Gasteiger charge is 2.45. The van der Waals surface area contributed by atoms with Gasteiger partial charge in [0.05, 0.1) is 11.1 Å². The number of nitrogens with one attached hydrogen (secondary N) is 2. The van der Waals surface area contributed by atoms with Crippen LogP contribution in [0.5, 0.6) is 0 Å². The van der Waals surface area contributed by atoms with Crippen LogP contribution in [0, 0.1) is 0 Å². The molecule has 1 saturated heterocycles. The van der Waals surface area contributed by atoms with Gasteiger partial charge in [0.25, 0.3) is 11.8 Å². The Hall–Kier alpha value is -2.58. The number of benzene rings is 1. The summed E-state index contributed by atoms with van der Waals surface area (Å²) >= 11 is 0. The molecule has 1 atom stereocenters. The minimum Gasteiger partial charge on any atom is -0.330 e. The summed E-state index contributed by atoms with van der Waals surface area (Å²) in [5, 5.41) is 5.60. The van der Waals surface area contributed by atoms with Crippen LogP contribution in [0.3, 0.4) is 0 Å². The van der Waals surface area contributed by atoms with Gasteiger partial charge in [-0.15, -0.1) is 0 Å². The Morgan fingerprint density at radius 2 is 1.83 bits per heavy atom. The Morgan fingerprint density at radius 1 is 1.03 bits per heavy atom. The van der Waals surface area contributed by atoms with Gasteiger partial charge < -0.3 is 11.1 Å². The van der Waals surface area contributed by atoms with E-state index in [0.717, 1.165) is 55.8 Å². The molecular weight excluding hydrogens is 372 g/mol. The first kappa shape index (κ1) is 21.1. The first-order chi connectivity index (χ1) is 14.0. The molecule has 0 spiro atoms. The molecule has 0 radical (unpaired) electrons. The molecule has 0 aliphatic carbocycles. The van der Waals surface area contributed by atoms with Crippen molar-refractivity contribution in [3.05, 3.63) is 34.9 Å². The summed E-state index contributed by atoms with van der Waals surface area (Å²) in [7, 11) is 0. The fourth-order valence-electron chi connectivity index (χ4n) is 3.89. The summed E-state index contributed by atoms with van der Waals surface area (Å²) in [6, 6.07) is 4.33. The maximum absolute atomic E-state index is 13.0. The molecule has 8 heteroatoms. The van der Waals surface area contributed by atoms with E-state index in [2.05, 4.69) is 10.6 Å². The number of hydrogen-bond acceptors (Lipinski definition) is 6. The van der Waals surface area contributed by atoms with Gasteiger partial charge in [0, 0.05) is 6.42 Å². The molecule has 0 bridgehead atoms. The maximum Gasteiger partial charge on any atom is 0.262 e. The van der Waals surface area contributed by atoms with Crippen molar-refractivity contribution in [2.45, 2.75) is 51.0 Å². The second-order valence-corrected chi connectivity index (χ2v) is 7.49. The van der Waals surface area contributed by atoms with Crippen molar-refractivity contribution >= 4 is 23.6 Å². The summed E-state index contributed by atoms with van der Waals surface area (Å²) in [5.41, 5.74) is 7.03. The highest BCUT2D eigenvalue weighted by Crippen LogP contribution is 2.30. The highest BCUT2D eigenvalue weighted by atomic mass is 16.2. The van der Waals surface area contributed by atoms with Gasteiger partial charge in [0.15, 0.2) is 0 Å². The van der Waals surface area contributed by atoms with Crippen molar-refractivity contribution < 1.29 is 19.2 Å². The Kier molecular flexibility index (Phi) is 7.11. The molecular formula is C21H28N4O4. The molecule has 2 aliphatic rings. The van der Waals surface area contributed by atoms with E-state index in [1.165, 1.54) is 0 Å². The van der Waals surface area contributed by atoms with Gasteiger partial charge in [0.2, 0.25) is 11.8 Å².